The molecule has 1 aliphatic rings. The van der Waals surface area contributed by atoms with Crippen molar-refractivity contribution in [3.8, 4) is 0 Å². The van der Waals surface area contributed by atoms with Gasteiger partial charge in [0.05, 0.1) is 0 Å². The number of anilines is 1. The van der Waals surface area contributed by atoms with Crippen LogP contribution in [0, 0.1) is 0 Å². The first-order valence-corrected chi connectivity index (χ1v) is 8.19. The molecule has 2 aromatic carbocycles. The van der Waals surface area contributed by atoms with Gasteiger partial charge in [0.15, 0.2) is 0 Å². The maximum atomic E-state index is 12.8. The molecule has 0 bridgehead atoms. The van der Waals surface area contributed by atoms with Crippen molar-refractivity contribution in [3.05, 3.63) is 65.7 Å². The van der Waals surface area contributed by atoms with Gasteiger partial charge in [0.25, 0.3) is 5.91 Å². The van der Waals surface area contributed by atoms with E-state index in [-0.39, 0.29) is 5.91 Å². The molecular weight excluding hydrogens is 302 g/mol. The molecular formula is C19H21N3O2. The van der Waals surface area contributed by atoms with Gasteiger partial charge in [-0.15, -0.1) is 0 Å². The summed E-state index contributed by atoms with van der Waals surface area (Å²) in [6.45, 7) is 3.04. The van der Waals surface area contributed by atoms with E-state index in [1.165, 1.54) is 5.56 Å². The number of hydrogen-bond donors (Lipinski definition) is 2. The summed E-state index contributed by atoms with van der Waals surface area (Å²) >= 11 is 0. The van der Waals surface area contributed by atoms with E-state index in [0.29, 0.717) is 6.54 Å². The number of hydrogen-bond acceptors (Lipinski definition) is 3. The summed E-state index contributed by atoms with van der Waals surface area (Å²) in [5, 5.41) is 5.06. The molecule has 3 rings (SSSR count). The molecule has 124 valence electrons. The van der Waals surface area contributed by atoms with E-state index in [9.17, 15) is 9.59 Å². The highest BCUT2D eigenvalue weighted by Gasteiger charge is 2.32. The Labute approximate surface area is 141 Å². The fraction of sp³-hybridized carbons (Fsp3) is 0.263. The summed E-state index contributed by atoms with van der Waals surface area (Å²) < 4.78 is 0. The fourth-order valence-corrected chi connectivity index (χ4v) is 3.13. The largest absolute Gasteiger partial charge is 0.355 e. The third kappa shape index (κ3) is 3.25. The Bertz CT molecular complexity index is 730. The number of amides is 3. The van der Waals surface area contributed by atoms with Gasteiger partial charge in [0, 0.05) is 18.8 Å². The lowest BCUT2D eigenvalue weighted by molar-refractivity contribution is -0.121. The van der Waals surface area contributed by atoms with Gasteiger partial charge < -0.3 is 10.2 Å². The summed E-state index contributed by atoms with van der Waals surface area (Å²) in [7, 11) is 0. The zero-order chi connectivity index (χ0) is 16.9. The highest BCUT2D eigenvalue weighted by atomic mass is 16.2. The second kappa shape index (κ2) is 7.17. The number of carbonyl (C=O) groups is 2. The average molecular weight is 323 g/mol. The van der Waals surface area contributed by atoms with E-state index in [4.69, 9.17) is 0 Å². The first-order valence-electron chi connectivity index (χ1n) is 8.19. The van der Waals surface area contributed by atoms with Crippen molar-refractivity contribution in [2.75, 3.05) is 18.0 Å². The number of para-hydroxylation sites is 1. The van der Waals surface area contributed by atoms with Crippen LogP contribution in [0.3, 0.4) is 0 Å². The maximum absolute atomic E-state index is 12.8. The first-order chi connectivity index (χ1) is 11.7. The van der Waals surface area contributed by atoms with Crippen molar-refractivity contribution in [1.29, 1.82) is 0 Å². The van der Waals surface area contributed by atoms with Crippen LogP contribution in [0.25, 0.3) is 0 Å². The quantitative estimate of drug-likeness (QED) is 0.909. The number of imide groups is 1. The number of urea groups is 1. The minimum absolute atomic E-state index is 0.316. The molecule has 0 aromatic heterocycles. The molecule has 0 saturated carbocycles. The number of nitrogens with zero attached hydrogens (tertiary/aromatic N) is 1. The summed E-state index contributed by atoms with van der Waals surface area (Å²) in [6.07, 6.45) is 0.897. The minimum atomic E-state index is -0.530. The van der Waals surface area contributed by atoms with Crippen molar-refractivity contribution in [2.45, 2.75) is 19.4 Å². The topological polar surface area (TPSA) is 61.4 Å². The monoisotopic (exact) mass is 323 g/mol. The van der Waals surface area contributed by atoms with Gasteiger partial charge in [-0.3, -0.25) is 10.1 Å². The van der Waals surface area contributed by atoms with E-state index < -0.39 is 12.1 Å². The summed E-state index contributed by atoms with van der Waals surface area (Å²) in [4.78, 5) is 26.7. The minimum Gasteiger partial charge on any atom is -0.355 e. The summed E-state index contributed by atoms with van der Waals surface area (Å²) in [5.41, 5.74) is 3.15. The molecule has 1 atom stereocenters. The Balaban J connectivity index is 1.92. The molecule has 0 unspecified atom stereocenters. The van der Waals surface area contributed by atoms with Gasteiger partial charge in [0.1, 0.15) is 6.04 Å². The molecule has 0 saturated heterocycles. The molecule has 2 N–H and O–H groups in total. The Hall–Kier alpha value is -2.82. The zero-order valence-corrected chi connectivity index (χ0v) is 13.7. The number of nitrogens with one attached hydrogen (secondary N) is 2. The lowest BCUT2D eigenvalue weighted by Gasteiger charge is -2.29. The van der Waals surface area contributed by atoms with Crippen LogP contribution >= 0.6 is 0 Å². The van der Waals surface area contributed by atoms with Crippen LogP contribution in [-0.4, -0.2) is 25.0 Å². The SMILES string of the molecule is CCNC(=O)NC(=O)[C@H](c1ccccc1)N1CCc2ccccc21. The lowest BCUT2D eigenvalue weighted by Crippen LogP contribution is -2.46. The van der Waals surface area contributed by atoms with E-state index in [1.54, 1.807) is 0 Å². The molecule has 1 aliphatic heterocycles. The molecule has 0 fully saturated rings. The molecule has 24 heavy (non-hydrogen) atoms. The molecule has 2 aromatic rings. The van der Waals surface area contributed by atoms with Crippen molar-refractivity contribution in [3.63, 3.8) is 0 Å². The van der Waals surface area contributed by atoms with Crippen LogP contribution in [0.15, 0.2) is 54.6 Å². The van der Waals surface area contributed by atoms with Crippen molar-refractivity contribution >= 4 is 17.6 Å². The first kappa shape index (κ1) is 16.1. The highest BCUT2D eigenvalue weighted by molar-refractivity contribution is 5.99. The third-order valence-electron chi connectivity index (χ3n) is 4.17. The van der Waals surface area contributed by atoms with Gasteiger partial charge in [-0.05, 0) is 30.5 Å². The summed E-state index contributed by atoms with van der Waals surface area (Å²) in [6, 6.07) is 16.7. The van der Waals surface area contributed by atoms with Gasteiger partial charge in [-0.1, -0.05) is 48.5 Å². The van der Waals surface area contributed by atoms with Gasteiger partial charge in [-0.25, -0.2) is 4.79 Å². The summed E-state index contributed by atoms with van der Waals surface area (Å²) in [5.74, 6) is -0.316. The van der Waals surface area contributed by atoms with Gasteiger partial charge in [-0.2, -0.15) is 0 Å². The predicted molar refractivity (Wildman–Crippen MR) is 93.9 cm³/mol. The standard InChI is InChI=1S/C19H21N3O2/c1-2-20-19(24)21-18(23)17(15-9-4-3-5-10-15)22-13-12-14-8-6-7-11-16(14)22/h3-11,17H,2,12-13H2,1H3,(H2,20,21,23,24)/t17-/m0/s1. The van der Waals surface area contributed by atoms with E-state index in [0.717, 1.165) is 24.2 Å². The van der Waals surface area contributed by atoms with Gasteiger partial charge in [0.2, 0.25) is 0 Å². The number of fused-ring (bicyclic) bond motifs is 1. The van der Waals surface area contributed by atoms with E-state index in [2.05, 4.69) is 21.6 Å². The van der Waals surface area contributed by atoms with Crippen molar-refractivity contribution < 1.29 is 9.59 Å². The Kier molecular flexibility index (Phi) is 4.79. The van der Waals surface area contributed by atoms with Crippen LogP contribution in [0.2, 0.25) is 0 Å². The van der Waals surface area contributed by atoms with Crippen LogP contribution < -0.4 is 15.5 Å². The molecule has 5 nitrogen and oxygen atoms in total. The molecule has 3 amide bonds. The second-order valence-electron chi connectivity index (χ2n) is 5.73. The lowest BCUT2D eigenvalue weighted by atomic mass is 10.0. The third-order valence-corrected chi connectivity index (χ3v) is 4.17. The Morgan fingerprint density at radius 3 is 2.54 bits per heavy atom. The second-order valence-corrected chi connectivity index (χ2v) is 5.73. The number of rotatable bonds is 4. The predicted octanol–water partition coefficient (Wildman–Crippen LogP) is 2.64. The Morgan fingerprint density at radius 1 is 1.08 bits per heavy atom. The zero-order valence-electron chi connectivity index (χ0n) is 13.7. The normalized spacial score (nSPS) is 14.0. The average Bonchev–Trinajstić information content (AvgIpc) is 3.00. The van der Waals surface area contributed by atoms with Crippen molar-refractivity contribution in [1.82, 2.24) is 10.6 Å². The molecule has 1 heterocycles. The number of carbonyl (C=O) groups excluding carboxylic acids is 2. The number of benzene rings is 2. The van der Waals surface area contributed by atoms with E-state index >= 15 is 0 Å². The fourth-order valence-electron chi connectivity index (χ4n) is 3.13. The van der Waals surface area contributed by atoms with E-state index in [1.807, 2.05) is 55.5 Å². The molecule has 0 aliphatic carbocycles. The van der Waals surface area contributed by atoms with Crippen LogP contribution in [0.5, 0.6) is 0 Å². The molecule has 0 spiro atoms. The maximum Gasteiger partial charge on any atom is 0.321 e. The van der Waals surface area contributed by atoms with Crippen molar-refractivity contribution in [2.24, 2.45) is 0 Å². The smallest absolute Gasteiger partial charge is 0.321 e. The Morgan fingerprint density at radius 2 is 1.79 bits per heavy atom. The molecule has 0 radical (unpaired) electrons. The molecule has 5 heteroatoms. The van der Waals surface area contributed by atoms with Crippen LogP contribution in [0.4, 0.5) is 10.5 Å². The van der Waals surface area contributed by atoms with Crippen LogP contribution in [-0.2, 0) is 11.2 Å². The van der Waals surface area contributed by atoms with Crippen LogP contribution in [0.1, 0.15) is 24.1 Å². The highest BCUT2D eigenvalue weighted by Crippen LogP contribution is 2.35. The van der Waals surface area contributed by atoms with Gasteiger partial charge >= 0.3 is 6.03 Å².